The molecule has 4 heteroatoms. The van der Waals surface area contributed by atoms with Crippen molar-refractivity contribution in [3.05, 3.63) is 34.9 Å². The second-order valence-electron chi connectivity index (χ2n) is 4.21. The maximum Gasteiger partial charge on any atom is -1.00 e. The average molecular weight is 281 g/mol. The van der Waals surface area contributed by atoms with Crippen LogP contribution in [0.5, 0.6) is 0 Å². The van der Waals surface area contributed by atoms with Gasteiger partial charge in [-0.1, -0.05) is 0 Å². The van der Waals surface area contributed by atoms with E-state index in [1.165, 1.54) is 3.88 Å². The van der Waals surface area contributed by atoms with Crippen LogP contribution in [-0.2, 0) is 20.4 Å². The van der Waals surface area contributed by atoms with Gasteiger partial charge in [0.15, 0.2) is 0 Å². The second-order valence-corrected chi connectivity index (χ2v) is 5.11. The predicted octanol–water partition coefficient (Wildman–Crippen LogP) is -3.39. The first-order chi connectivity index (χ1) is 5.96. The van der Waals surface area contributed by atoms with E-state index in [1.807, 2.05) is 6.20 Å². The molecule has 1 aliphatic carbocycles. The van der Waals surface area contributed by atoms with Gasteiger partial charge in [-0.05, 0) is 0 Å². The Balaban J connectivity index is 0. The summed E-state index contributed by atoms with van der Waals surface area (Å²) in [5.74, 6) is 0. The second kappa shape index (κ2) is 6.80. The van der Waals surface area contributed by atoms with Crippen molar-refractivity contribution >= 4 is 0 Å². The molecular formula is C11H16Cl2NTi. The summed E-state index contributed by atoms with van der Waals surface area (Å²) in [6.07, 6.45) is 8.41. The smallest absolute Gasteiger partial charge is 1.00 e. The summed E-state index contributed by atoms with van der Waals surface area (Å²) in [6.45, 7) is 10.5. The quantitative estimate of drug-likeness (QED) is 0.477. The fourth-order valence-electron chi connectivity index (χ4n) is 1.51. The maximum absolute atomic E-state index is 3.87. The number of hydrogen-bond donors (Lipinski definition) is 0. The SMILES string of the molecule is C=CN(C1C=CC=[C]1[Ti+2])C(C)(C)C.[Cl-].[Cl-]. The standard InChI is InChI=1S/C11H16N.2ClH.Ti/c1-5-12(11(2,3)4)10-8-6-7-9-10;;;/h5-8,10H,1H2,2-4H3;2*1H;/q;;;+2/p-2. The molecule has 0 aliphatic heterocycles. The van der Waals surface area contributed by atoms with Gasteiger partial charge in [-0.2, -0.15) is 0 Å². The van der Waals surface area contributed by atoms with Crippen molar-refractivity contribution in [2.24, 2.45) is 0 Å². The summed E-state index contributed by atoms with van der Waals surface area (Å²) in [7, 11) is 0. The zero-order valence-electron chi connectivity index (χ0n) is 9.30. The van der Waals surface area contributed by atoms with E-state index >= 15 is 0 Å². The monoisotopic (exact) mass is 280 g/mol. The summed E-state index contributed by atoms with van der Waals surface area (Å²) >= 11 is 2.16. The molecule has 0 N–H and O–H groups in total. The summed E-state index contributed by atoms with van der Waals surface area (Å²) < 4.78 is 1.38. The molecule has 0 bridgehead atoms. The van der Waals surface area contributed by atoms with E-state index in [2.05, 4.69) is 70.9 Å². The molecule has 0 heterocycles. The van der Waals surface area contributed by atoms with E-state index in [0.717, 1.165) is 0 Å². The Kier molecular flexibility index (Phi) is 8.03. The Hall–Kier alpha value is 0.314. The van der Waals surface area contributed by atoms with Gasteiger partial charge in [-0.15, -0.1) is 0 Å². The number of nitrogens with zero attached hydrogens (tertiary/aromatic N) is 1. The van der Waals surface area contributed by atoms with Gasteiger partial charge in [0.05, 0.1) is 0 Å². The molecule has 0 aromatic rings. The molecule has 1 unspecified atom stereocenters. The van der Waals surface area contributed by atoms with E-state index in [0.29, 0.717) is 6.04 Å². The summed E-state index contributed by atoms with van der Waals surface area (Å²) in [5, 5.41) is 0. The largest absolute Gasteiger partial charge is 1.00 e. The molecule has 0 saturated carbocycles. The van der Waals surface area contributed by atoms with Crippen LogP contribution in [0.2, 0.25) is 0 Å². The molecule has 0 radical (unpaired) electrons. The molecule has 1 atom stereocenters. The Morgan fingerprint density at radius 2 is 1.93 bits per heavy atom. The van der Waals surface area contributed by atoms with Crippen LogP contribution < -0.4 is 24.8 Å². The van der Waals surface area contributed by atoms with E-state index in [1.54, 1.807) is 0 Å². The number of hydrogen-bond acceptors (Lipinski definition) is 1. The molecule has 83 valence electrons. The third-order valence-corrected chi connectivity index (χ3v) is 2.88. The molecule has 15 heavy (non-hydrogen) atoms. The third kappa shape index (κ3) is 4.36. The first-order valence-electron chi connectivity index (χ1n) is 4.48. The van der Waals surface area contributed by atoms with Crippen LogP contribution in [0.3, 0.4) is 0 Å². The minimum Gasteiger partial charge on any atom is -1.00 e. The Labute approximate surface area is 117 Å². The van der Waals surface area contributed by atoms with Crippen LogP contribution in [0.4, 0.5) is 0 Å². The minimum absolute atomic E-state index is 0. The van der Waals surface area contributed by atoms with Crippen molar-refractivity contribution in [3.8, 4) is 0 Å². The fourth-order valence-corrected chi connectivity index (χ4v) is 2.03. The van der Waals surface area contributed by atoms with Crippen LogP contribution in [0.25, 0.3) is 0 Å². The number of halogens is 2. The van der Waals surface area contributed by atoms with Crippen molar-refractivity contribution in [2.45, 2.75) is 32.4 Å². The van der Waals surface area contributed by atoms with Crippen LogP contribution >= 0.6 is 0 Å². The topological polar surface area (TPSA) is 3.24 Å². The van der Waals surface area contributed by atoms with Gasteiger partial charge in [0.1, 0.15) is 0 Å². The number of rotatable bonds is 2. The molecule has 0 fully saturated rings. The molecule has 1 rings (SSSR count). The maximum atomic E-state index is 3.87. The molecule has 1 aliphatic rings. The zero-order chi connectivity index (χ0) is 10.1. The van der Waals surface area contributed by atoms with Crippen LogP contribution in [0, 0.1) is 0 Å². The van der Waals surface area contributed by atoms with Gasteiger partial charge in [0.25, 0.3) is 0 Å². The van der Waals surface area contributed by atoms with Crippen molar-refractivity contribution in [2.75, 3.05) is 0 Å². The molecule has 0 aromatic carbocycles. The Morgan fingerprint density at radius 3 is 2.20 bits per heavy atom. The van der Waals surface area contributed by atoms with Gasteiger partial charge in [0, 0.05) is 0 Å². The fraction of sp³-hybridized carbons (Fsp3) is 0.455. The normalized spacial score (nSPS) is 18.7. The summed E-state index contributed by atoms with van der Waals surface area (Å²) in [5.41, 5.74) is 0.135. The summed E-state index contributed by atoms with van der Waals surface area (Å²) in [6, 6.07) is 0.400. The Bertz CT molecular complexity index is 266. The molecule has 0 aromatic heterocycles. The van der Waals surface area contributed by atoms with Gasteiger partial charge in [-0.25, -0.2) is 0 Å². The molecule has 0 saturated heterocycles. The summed E-state index contributed by atoms with van der Waals surface area (Å²) in [4.78, 5) is 2.28. The van der Waals surface area contributed by atoms with E-state index in [4.69, 9.17) is 0 Å². The van der Waals surface area contributed by atoms with Gasteiger partial charge >= 0.3 is 92.6 Å². The van der Waals surface area contributed by atoms with E-state index < -0.39 is 0 Å². The minimum atomic E-state index is 0. The van der Waals surface area contributed by atoms with Crippen molar-refractivity contribution in [1.29, 1.82) is 0 Å². The first kappa shape index (κ1) is 17.7. The van der Waals surface area contributed by atoms with Gasteiger partial charge in [-0.3, -0.25) is 0 Å². The zero-order valence-corrected chi connectivity index (χ0v) is 12.4. The van der Waals surface area contributed by atoms with E-state index in [-0.39, 0.29) is 30.4 Å². The van der Waals surface area contributed by atoms with Gasteiger partial charge < -0.3 is 24.8 Å². The van der Waals surface area contributed by atoms with Crippen LogP contribution in [-0.4, -0.2) is 16.5 Å². The van der Waals surface area contributed by atoms with E-state index in [9.17, 15) is 0 Å². The number of allylic oxidation sites excluding steroid dienone is 2. The molecule has 0 amide bonds. The molecule has 0 spiro atoms. The van der Waals surface area contributed by atoms with Crippen molar-refractivity contribution in [1.82, 2.24) is 4.90 Å². The molecular weight excluding hydrogens is 265 g/mol. The predicted molar refractivity (Wildman–Crippen MR) is 52.8 cm³/mol. The van der Waals surface area contributed by atoms with Crippen LogP contribution in [0.15, 0.2) is 34.9 Å². The molecule has 1 nitrogen and oxygen atoms in total. The van der Waals surface area contributed by atoms with Gasteiger partial charge in [0.2, 0.25) is 0 Å². The first-order valence-corrected chi connectivity index (χ1v) is 5.26. The van der Waals surface area contributed by atoms with Crippen molar-refractivity contribution < 1.29 is 45.2 Å². The van der Waals surface area contributed by atoms with Crippen molar-refractivity contribution in [3.63, 3.8) is 0 Å². The Morgan fingerprint density at radius 1 is 1.40 bits per heavy atom. The third-order valence-electron chi connectivity index (χ3n) is 2.16. The van der Waals surface area contributed by atoms with Crippen LogP contribution in [0.1, 0.15) is 20.8 Å². The average Bonchev–Trinajstić information content (AvgIpc) is 2.35.